The van der Waals surface area contributed by atoms with Crippen molar-refractivity contribution in [3.8, 4) is 17.2 Å². The predicted octanol–water partition coefficient (Wildman–Crippen LogP) is 4.70. The topological polar surface area (TPSA) is 109 Å². The van der Waals surface area contributed by atoms with E-state index >= 15 is 0 Å². The molecule has 35 heavy (non-hydrogen) atoms. The van der Waals surface area contributed by atoms with Crippen LogP contribution >= 0.6 is 15.9 Å². The van der Waals surface area contributed by atoms with E-state index < -0.39 is 17.7 Å². The van der Waals surface area contributed by atoms with Crippen LogP contribution in [0.4, 0.5) is 0 Å². The number of Topliss-reactive ketones (excluding diaryl/α,β-unsaturated/α-hetero) is 1. The molecule has 0 radical (unpaired) electrons. The normalized spacial score (nSPS) is 20.7. The first-order chi connectivity index (χ1) is 16.8. The van der Waals surface area contributed by atoms with Crippen molar-refractivity contribution in [2.24, 2.45) is 0 Å². The highest BCUT2D eigenvalue weighted by molar-refractivity contribution is 9.10. The highest BCUT2D eigenvalue weighted by Crippen LogP contribution is 2.45. The van der Waals surface area contributed by atoms with Gasteiger partial charge in [-0.15, -0.1) is 0 Å². The van der Waals surface area contributed by atoms with E-state index in [0.717, 1.165) is 11.3 Å². The molecule has 9 heteroatoms. The Morgan fingerprint density at radius 2 is 2.03 bits per heavy atom. The molecule has 3 heterocycles. The zero-order valence-electron chi connectivity index (χ0n) is 18.9. The summed E-state index contributed by atoms with van der Waals surface area (Å²) in [5.41, 5.74) is 1.73. The van der Waals surface area contributed by atoms with Crippen LogP contribution in [-0.2, 0) is 22.6 Å². The third-order valence-electron chi connectivity index (χ3n) is 6.20. The molecule has 2 N–H and O–H groups in total. The average Bonchev–Trinajstić information content (AvgIpc) is 3.54. The molecule has 0 bridgehead atoms. The van der Waals surface area contributed by atoms with E-state index in [2.05, 4.69) is 15.9 Å². The number of likely N-dealkylation sites (tertiary alicyclic amines) is 1. The second kappa shape index (κ2) is 8.81. The lowest BCUT2D eigenvalue weighted by molar-refractivity contribution is -0.140. The summed E-state index contributed by atoms with van der Waals surface area (Å²) in [4.78, 5) is 27.8. The summed E-state index contributed by atoms with van der Waals surface area (Å²) in [7, 11) is 1.40. The number of furan rings is 1. The van der Waals surface area contributed by atoms with Crippen LogP contribution in [-0.4, -0.2) is 40.0 Å². The molecule has 0 spiro atoms. The largest absolute Gasteiger partial charge is 0.507 e. The fourth-order valence-electron chi connectivity index (χ4n) is 4.59. The molecule has 3 aromatic rings. The van der Waals surface area contributed by atoms with Crippen molar-refractivity contribution in [1.82, 2.24) is 4.90 Å². The van der Waals surface area contributed by atoms with Crippen molar-refractivity contribution < 1.29 is 33.7 Å². The van der Waals surface area contributed by atoms with Crippen LogP contribution in [0.5, 0.6) is 17.2 Å². The highest BCUT2D eigenvalue weighted by atomic mass is 79.9. The summed E-state index contributed by atoms with van der Waals surface area (Å²) in [6.07, 6.45) is 2.17. The highest BCUT2D eigenvalue weighted by Gasteiger charge is 2.47. The molecule has 2 aromatic carbocycles. The molecule has 2 atom stereocenters. The third-order valence-corrected chi connectivity index (χ3v) is 6.81. The fourth-order valence-corrected chi connectivity index (χ4v) is 5.05. The van der Waals surface area contributed by atoms with Crippen LogP contribution in [0, 0.1) is 0 Å². The minimum absolute atomic E-state index is 0.00930. The lowest BCUT2D eigenvalue weighted by Crippen LogP contribution is -2.29. The quantitative estimate of drug-likeness (QED) is 0.274. The number of ketones is 1. The number of hydrogen-bond donors (Lipinski definition) is 2. The van der Waals surface area contributed by atoms with Gasteiger partial charge >= 0.3 is 0 Å². The molecule has 1 aromatic heterocycles. The van der Waals surface area contributed by atoms with E-state index in [0.29, 0.717) is 27.8 Å². The first kappa shape index (κ1) is 23.0. The summed E-state index contributed by atoms with van der Waals surface area (Å²) in [5, 5.41) is 21.7. The van der Waals surface area contributed by atoms with E-state index in [1.807, 2.05) is 6.92 Å². The van der Waals surface area contributed by atoms with Gasteiger partial charge in [-0.2, -0.15) is 0 Å². The number of halogens is 1. The number of hydrogen-bond acceptors (Lipinski definition) is 7. The monoisotopic (exact) mass is 539 g/mol. The smallest absolute Gasteiger partial charge is 0.296 e. The Labute approximate surface area is 209 Å². The van der Waals surface area contributed by atoms with Crippen LogP contribution in [0.2, 0.25) is 0 Å². The van der Waals surface area contributed by atoms with Crippen molar-refractivity contribution in [1.29, 1.82) is 0 Å². The Hall–Kier alpha value is -3.72. The van der Waals surface area contributed by atoms with Crippen molar-refractivity contribution >= 4 is 33.4 Å². The minimum Gasteiger partial charge on any atom is -0.507 e. The Kier molecular flexibility index (Phi) is 5.80. The van der Waals surface area contributed by atoms with Gasteiger partial charge in [-0.1, -0.05) is 0 Å². The van der Waals surface area contributed by atoms with E-state index in [1.54, 1.807) is 36.4 Å². The summed E-state index contributed by atoms with van der Waals surface area (Å²) >= 11 is 3.31. The molecule has 0 saturated carbocycles. The SMILES string of the molecule is COc1cc([C@@H]2/C(=C(\O)c3ccc4c(c3)C[C@@H](C)O4)C(=O)C(=O)N2Cc2ccco2)cc(Br)c1O. The van der Waals surface area contributed by atoms with Crippen molar-refractivity contribution in [3.05, 3.63) is 81.2 Å². The van der Waals surface area contributed by atoms with Crippen LogP contribution in [0.3, 0.4) is 0 Å². The number of fused-ring (bicyclic) bond motifs is 1. The number of aliphatic hydroxyl groups is 1. The average molecular weight is 540 g/mol. The number of rotatable bonds is 5. The first-order valence-corrected chi connectivity index (χ1v) is 11.7. The molecule has 0 aliphatic carbocycles. The number of benzene rings is 2. The van der Waals surface area contributed by atoms with E-state index in [9.17, 15) is 19.8 Å². The van der Waals surface area contributed by atoms with E-state index in [1.165, 1.54) is 24.3 Å². The van der Waals surface area contributed by atoms with Gasteiger partial charge in [0.2, 0.25) is 0 Å². The molecule has 1 saturated heterocycles. The van der Waals surface area contributed by atoms with Gasteiger partial charge in [0, 0.05) is 12.0 Å². The number of aromatic hydroxyl groups is 1. The second-order valence-electron chi connectivity index (χ2n) is 8.52. The summed E-state index contributed by atoms with van der Waals surface area (Å²) < 4.78 is 16.8. The first-order valence-electron chi connectivity index (χ1n) is 11.0. The van der Waals surface area contributed by atoms with E-state index in [-0.39, 0.29) is 35.5 Å². The molecule has 180 valence electrons. The number of aliphatic hydroxyl groups excluding tert-OH is 1. The molecular formula is C26H22BrNO7. The molecule has 2 aliphatic rings. The predicted molar refractivity (Wildman–Crippen MR) is 129 cm³/mol. The zero-order chi connectivity index (χ0) is 24.9. The standard InChI is InChI=1S/C26H22BrNO7/c1-13-8-15-9-14(5-6-19(15)35-13)23(29)21-22(16-10-18(27)24(30)20(11-16)33-2)28(26(32)25(21)31)12-17-4-3-7-34-17/h3-7,9-11,13,22,29-30H,8,12H2,1-2H3/b23-21+/t13-,22-/m1/s1. The Balaban J connectivity index is 1.68. The number of amides is 1. The number of carbonyl (C=O) groups excluding carboxylic acids is 2. The maximum Gasteiger partial charge on any atom is 0.296 e. The number of methoxy groups -OCH3 is 1. The number of ether oxygens (including phenoxy) is 2. The molecule has 8 nitrogen and oxygen atoms in total. The molecular weight excluding hydrogens is 518 g/mol. The zero-order valence-corrected chi connectivity index (χ0v) is 20.5. The van der Waals surface area contributed by atoms with E-state index in [4.69, 9.17) is 13.9 Å². The van der Waals surface area contributed by atoms with Crippen LogP contribution in [0.25, 0.3) is 5.76 Å². The van der Waals surface area contributed by atoms with Crippen LogP contribution in [0.1, 0.15) is 35.4 Å². The Morgan fingerprint density at radius 3 is 2.74 bits per heavy atom. The number of phenols is 1. The van der Waals surface area contributed by atoms with Crippen molar-refractivity contribution in [2.75, 3.05) is 7.11 Å². The van der Waals surface area contributed by atoms with Gasteiger partial charge in [0.25, 0.3) is 11.7 Å². The third kappa shape index (κ3) is 3.95. The van der Waals surface area contributed by atoms with Crippen LogP contribution < -0.4 is 9.47 Å². The Morgan fingerprint density at radius 1 is 1.23 bits per heavy atom. The minimum atomic E-state index is -0.950. The van der Waals surface area contributed by atoms with Gasteiger partial charge in [0.05, 0.1) is 36.0 Å². The van der Waals surface area contributed by atoms with Gasteiger partial charge < -0.3 is 29.0 Å². The molecule has 1 fully saturated rings. The maximum atomic E-state index is 13.3. The second-order valence-corrected chi connectivity index (χ2v) is 9.37. The lowest BCUT2D eigenvalue weighted by atomic mass is 9.94. The Bertz CT molecular complexity index is 1360. The van der Waals surface area contributed by atoms with Gasteiger partial charge in [0.1, 0.15) is 23.4 Å². The summed E-state index contributed by atoms with van der Waals surface area (Å²) in [6, 6.07) is 10.8. The van der Waals surface area contributed by atoms with Gasteiger partial charge in [-0.3, -0.25) is 9.59 Å². The van der Waals surface area contributed by atoms with Gasteiger partial charge in [-0.25, -0.2) is 0 Å². The number of carbonyl (C=O) groups is 2. The summed E-state index contributed by atoms with van der Waals surface area (Å²) in [5.74, 6) is -0.627. The van der Waals surface area contributed by atoms with Crippen LogP contribution in [0.15, 0.2) is 63.2 Å². The number of nitrogens with zero attached hydrogens (tertiary/aromatic N) is 1. The lowest BCUT2D eigenvalue weighted by Gasteiger charge is -2.25. The van der Waals surface area contributed by atoms with Crippen molar-refractivity contribution in [2.45, 2.75) is 32.0 Å². The molecule has 1 amide bonds. The molecule has 2 aliphatic heterocycles. The maximum absolute atomic E-state index is 13.3. The number of phenolic OH excluding ortho intramolecular Hbond substituents is 1. The summed E-state index contributed by atoms with van der Waals surface area (Å²) in [6.45, 7) is 1.96. The van der Waals surface area contributed by atoms with Crippen molar-refractivity contribution in [3.63, 3.8) is 0 Å². The van der Waals surface area contributed by atoms with Gasteiger partial charge in [-0.05, 0) is 76.4 Å². The fraction of sp³-hybridized carbons (Fsp3) is 0.231. The molecule has 5 rings (SSSR count). The van der Waals surface area contributed by atoms with Gasteiger partial charge in [0.15, 0.2) is 11.5 Å². The molecule has 0 unspecified atom stereocenters.